The van der Waals surface area contributed by atoms with E-state index in [-0.39, 0.29) is 23.4 Å². The number of carbonyl (C=O) groups is 2. The highest BCUT2D eigenvalue weighted by atomic mass is 32.2. The lowest BCUT2D eigenvalue weighted by atomic mass is 10.0. The van der Waals surface area contributed by atoms with Crippen LogP contribution >= 0.6 is 11.8 Å². The van der Waals surface area contributed by atoms with Crippen LogP contribution in [0.4, 0.5) is 4.39 Å². The van der Waals surface area contributed by atoms with Gasteiger partial charge >= 0.3 is 0 Å². The van der Waals surface area contributed by atoms with E-state index in [2.05, 4.69) is 5.32 Å². The topological polar surface area (TPSA) is 75.4 Å². The lowest BCUT2D eigenvalue weighted by molar-refractivity contribution is -0.123. The first-order chi connectivity index (χ1) is 11.5. The Bertz CT molecular complexity index is 577. The van der Waals surface area contributed by atoms with E-state index >= 15 is 0 Å². The fourth-order valence-electron chi connectivity index (χ4n) is 2.72. The van der Waals surface area contributed by atoms with Gasteiger partial charge in [0.1, 0.15) is 5.82 Å². The zero-order chi connectivity index (χ0) is 17.5. The molecule has 0 aromatic heterocycles. The summed E-state index contributed by atoms with van der Waals surface area (Å²) in [5.41, 5.74) is 5.95. The highest BCUT2D eigenvalue weighted by Crippen LogP contribution is 2.16. The van der Waals surface area contributed by atoms with Crippen LogP contribution in [0, 0.1) is 5.82 Å². The van der Waals surface area contributed by atoms with Gasteiger partial charge in [-0.2, -0.15) is 11.8 Å². The normalized spacial score (nSPS) is 16.7. The lowest BCUT2D eigenvalue weighted by Gasteiger charge is -2.33. The Hall–Kier alpha value is -1.60. The van der Waals surface area contributed by atoms with Gasteiger partial charge in [0.05, 0.1) is 11.6 Å². The molecule has 1 saturated heterocycles. The maximum atomic E-state index is 13.7. The third-order valence-corrected chi connectivity index (χ3v) is 4.85. The second-order valence-corrected chi connectivity index (χ2v) is 6.93. The number of nitrogens with zero attached hydrogens (tertiary/aromatic N) is 1. The van der Waals surface area contributed by atoms with Crippen molar-refractivity contribution in [3.05, 3.63) is 35.6 Å². The van der Waals surface area contributed by atoms with Crippen molar-refractivity contribution in [3.8, 4) is 0 Å². The number of rotatable bonds is 6. The minimum atomic E-state index is -0.502. The predicted molar refractivity (Wildman–Crippen MR) is 94.4 cm³/mol. The molecular formula is C17H24FN3O2S. The van der Waals surface area contributed by atoms with Crippen LogP contribution in [0.2, 0.25) is 0 Å². The summed E-state index contributed by atoms with van der Waals surface area (Å²) in [7, 11) is 0. The molecule has 7 heteroatoms. The molecule has 1 fully saturated rings. The molecule has 1 aliphatic rings. The van der Waals surface area contributed by atoms with Crippen LogP contribution in [-0.4, -0.2) is 53.9 Å². The average molecular weight is 353 g/mol. The molecule has 1 aromatic carbocycles. The van der Waals surface area contributed by atoms with Crippen molar-refractivity contribution >= 4 is 23.6 Å². The van der Waals surface area contributed by atoms with Gasteiger partial charge in [-0.1, -0.05) is 12.1 Å². The van der Waals surface area contributed by atoms with Crippen molar-refractivity contribution in [1.82, 2.24) is 10.2 Å². The summed E-state index contributed by atoms with van der Waals surface area (Å²) in [6.45, 7) is 0.996. The van der Waals surface area contributed by atoms with E-state index in [9.17, 15) is 14.0 Å². The zero-order valence-electron chi connectivity index (χ0n) is 13.8. The first kappa shape index (κ1) is 18.7. The molecule has 3 N–H and O–H groups in total. The molecular weight excluding hydrogens is 329 g/mol. The van der Waals surface area contributed by atoms with E-state index in [0.717, 1.165) is 5.75 Å². The van der Waals surface area contributed by atoms with Crippen molar-refractivity contribution in [2.24, 2.45) is 5.73 Å². The summed E-state index contributed by atoms with van der Waals surface area (Å²) >= 11 is 1.66. The third-order valence-electron chi connectivity index (χ3n) is 4.20. The molecule has 24 heavy (non-hydrogen) atoms. The van der Waals surface area contributed by atoms with Crippen LogP contribution in [0.3, 0.4) is 0 Å². The standard InChI is InChI=1S/C17H24FN3O2S/c1-24-11-8-15(19)16(22)20-12-6-9-21(10-7-12)17(23)13-4-2-3-5-14(13)18/h2-5,12,15H,6-11,19H2,1H3,(H,20,22)/t15-/m0/s1. The molecule has 0 saturated carbocycles. The van der Waals surface area contributed by atoms with Crippen molar-refractivity contribution in [2.45, 2.75) is 31.3 Å². The second kappa shape index (κ2) is 9.03. The number of amides is 2. The number of piperidine rings is 1. The number of thioether (sulfide) groups is 1. The number of likely N-dealkylation sites (tertiary alicyclic amines) is 1. The molecule has 2 amide bonds. The van der Waals surface area contributed by atoms with Crippen LogP contribution in [0.1, 0.15) is 29.6 Å². The summed E-state index contributed by atoms with van der Waals surface area (Å²) in [5.74, 6) is -0.0837. The van der Waals surface area contributed by atoms with Gasteiger partial charge in [-0.15, -0.1) is 0 Å². The number of hydrogen-bond acceptors (Lipinski definition) is 4. The van der Waals surface area contributed by atoms with Gasteiger partial charge in [0.25, 0.3) is 5.91 Å². The quantitative estimate of drug-likeness (QED) is 0.815. The monoisotopic (exact) mass is 353 g/mol. The van der Waals surface area contributed by atoms with E-state index in [4.69, 9.17) is 5.73 Å². The number of halogens is 1. The largest absolute Gasteiger partial charge is 0.352 e. The molecule has 1 aliphatic heterocycles. The Morgan fingerprint density at radius 1 is 1.38 bits per heavy atom. The highest BCUT2D eigenvalue weighted by Gasteiger charge is 2.26. The second-order valence-electron chi connectivity index (χ2n) is 5.94. The minimum absolute atomic E-state index is 0.0162. The average Bonchev–Trinajstić information content (AvgIpc) is 2.60. The Kier molecular flexibility index (Phi) is 7.05. The molecule has 5 nitrogen and oxygen atoms in total. The van der Waals surface area contributed by atoms with Crippen LogP contribution in [0.25, 0.3) is 0 Å². The van der Waals surface area contributed by atoms with E-state index in [1.165, 1.54) is 12.1 Å². The molecule has 0 aliphatic carbocycles. The van der Waals surface area contributed by atoms with Crippen LogP contribution in [-0.2, 0) is 4.79 Å². The molecule has 0 spiro atoms. The van der Waals surface area contributed by atoms with Gasteiger partial charge in [-0.05, 0) is 43.4 Å². The van der Waals surface area contributed by atoms with Crippen molar-refractivity contribution in [3.63, 3.8) is 0 Å². The van der Waals surface area contributed by atoms with Crippen molar-refractivity contribution in [1.29, 1.82) is 0 Å². The summed E-state index contributed by atoms with van der Waals surface area (Å²) in [6, 6.07) is 5.53. The molecule has 1 atom stereocenters. The number of nitrogens with one attached hydrogen (secondary N) is 1. The third kappa shape index (κ3) is 4.95. The summed E-state index contributed by atoms with van der Waals surface area (Å²) < 4.78 is 13.7. The van der Waals surface area contributed by atoms with Gasteiger partial charge in [-0.25, -0.2) is 4.39 Å². The Labute approximate surface area is 146 Å². The van der Waals surface area contributed by atoms with Gasteiger partial charge < -0.3 is 16.0 Å². The van der Waals surface area contributed by atoms with Gasteiger partial charge in [0.2, 0.25) is 5.91 Å². The van der Waals surface area contributed by atoms with E-state index in [0.29, 0.717) is 32.4 Å². The molecule has 1 heterocycles. The van der Waals surface area contributed by atoms with Crippen molar-refractivity contribution in [2.75, 3.05) is 25.1 Å². The van der Waals surface area contributed by atoms with Crippen LogP contribution < -0.4 is 11.1 Å². The molecule has 132 valence electrons. The van der Waals surface area contributed by atoms with Crippen LogP contribution in [0.5, 0.6) is 0 Å². The number of benzene rings is 1. The highest BCUT2D eigenvalue weighted by molar-refractivity contribution is 7.98. The molecule has 0 unspecified atom stereocenters. The fourth-order valence-corrected chi connectivity index (χ4v) is 3.21. The Morgan fingerprint density at radius 2 is 2.04 bits per heavy atom. The smallest absolute Gasteiger partial charge is 0.256 e. The predicted octanol–water partition coefficient (Wildman–Crippen LogP) is 1.63. The maximum absolute atomic E-state index is 13.7. The van der Waals surface area contributed by atoms with Gasteiger partial charge in [-0.3, -0.25) is 9.59 Å². The first-order valence-corrected chi connectivity index (χ1v) is 9.51. The zero-order valence-corrected chi connectivity index (χ0v) is 14.7. The van der Waals surface area contributed by atoms with E-state index < -0.39 is 11.9 Å². The SMILES string of the molecule is CSCC[C@H](N)C(=O)NC1CCN(C(=O)c2ccccc2F)CC1. The van der Waals surface area contributed by atoms with E-state index in [1.807, 2.05) is 6.26 Å². The summed E-state index contributed by atoms with van der Waals surface area (Å²) in [6.07, 6.45) is 3.94. The van der Waals surface area contributed by atoms with Crippen molar-refractivity contribution < 1.29 is 14.0 Å². The van der Waals surface area contributed by atoms with E-state index in [1.54, 1.807) is 28.8 Å². The molecule has 1 aromatic rings. The minimum Gasteiger partial charge on any atom is -0.352 e. The number of carbonyl (C=O) groups excluding carboxylic acids is 2. The van der Waals surface area contributed by atoms with Gasteiger partial charge in [0.15, 0.2) is 0 Å². The lowest BCUT2D eigenvalue weighted by Crippen LogP contribution is -2.50. The van der Waals surface area contributed by atoms with Gasteiger partial charge in [0, 0.05) is 19.1 Å². The van der Waals surface area contributed by atoms with Crippen LogP contribution in [0.15, 0.2) is 24.3 Å². The first-order valence-electron chi connectivity index (χ1n) is 8.11. The summed E-state index contributed by atoms with van der Waals surface area (Å²) in [5, 5.41) is 2.95. The number of hydrogen-bond donors (Lipinski definition) is 2. The Morgan fingerprint density at radius 3 is 2.67 bits per heavy atom. The fraction of sp³-hybridized carbons (Fsp3) is 0.529. The molecule has 2 rings (SSSR count). The molecule has 0 bridgehead atoms. The summed E-state index contributed by atoms with van der Waals surface area (Å²) in [4.78, 5) is 26.0. The number of nitrogens with two attached hydrogens (primary N) is 1. The maximum Gasteiger partial charge on any atom is 0.256 e. The Balaban J connectivity index is 1.82. The molecule has 0 radical (unpaired) electrons.